The Morgan fingerprint density at radius 1 is 1.09 bits per heavy atom. The van der Waals surface area contributed by atoms with Gasteiger partial charge in [0.1, 0.15) is 0 Å². The van der Waals surface area contributed by atoms with Crippen LogP contribution in [0.25, 0.3) is 16.9 Å². The number of aromatic nitrogens is 2. The van der Waals surface area contributed by atoms with Crippen LogP contribution in [-0.2, 0) is 6.42 Å². The van der Waals surface area contributed by atoms with Gasteiger partial charge < -0.3 is 0 Å². The number of hydrogen-bond acceptors (Lipinski definition) is 3. The summed E-state index contributed by atoms with van der Waals surface area (Å²) in [5.74, 6) is -0.198. The quantitative estimate of drug-likeness (QED) is 0.275. The molecule has 0 aliphatic carbocycles. The normalized spacial score (nSPS) is 14.5. The van der Waals surface area contributed by atoms with Gasteiger partial charge in [-0.1, -0.05) is 76.5 Å². The monoisotopic (exact) mass is 582 g/mol. The number of carbonyl (C=O) groups is 1. The van der Waals surface area contributed by atoms with E-state index in [1.807, 2.05) is 18.0 Å². The lowest BCUT2D eigenvalue weighted by Crippen LogP contribution is -2.45. The smallest absolute Gasteiger partial charge is 0.283 e. The molecule has 1 aliphatic rings. The van der Waals surface area contributed by atoms with Crippen LogP contribution in [0, 0.1) is 6.92 Å². The molecule has 0 atom stereocenters. The maximum atomic E-state index is 13.2. The first-order valence-corrected chi connectivity index (χ1v) is 13.0. The Balaban J connectivity index is 1.78. The number of rotatable bonds is 6. The van der Waals surface area contributed by atoms with Crippen LogP contribution >= 0.6 is 45.8 Å². The van der Waals surface area contributed by atoms with Crippen molar-refractivity contribution in [3.05, 3.63) is 69.3 Å². The second kappa shape index (κ2) is 10.5. The van der Waals surface area contributed by atoms with Gasteiger partial charge in [-0.3, -0.25) is 10.2 Å². The summed E-state index contributed by atoms with van der Waals surface area (Å²) in [6.45, 7) is 3.66. The topological polar surface area (TPSA) is 50.2 Å². The van der Waals surface area contributed by atoms with Crippen LogP contribution in [0.2, 0.25) is 10.0 Å². The lowest BCUT2D eigenvalue weighted by molar-refractivity contribution is 0.0743. The van der Waals surface area contributed by atoms with Crippen molar-refractivity contribution in [1.29, 1.82) is 0 Å². The molecule has 5 nitrogen and oxygen atoms in total. The molecule has 32 heavy (non-hydrogen) atoms. The first-order valence-electron chi connectivity index (χ1n) is 10.7. The van der Waals surface area contributed by atoms with Gasteiger partial charge in [-0.25, -0.2) is 9.69 Å². The molecule has 1 N–H and O–H groups in total. The van der Waals surface area contributed by atoms with Crippen molar-refractivity contribution >= 4 is 51.7 Å². The number of hydrogen-bond donors (Lipinski definition) is 1. The molecule has 8 heteroatoms. The number of aryl methyl sites for hydroxylation is 1. The van der Waals surface area contributed by atoms with Gasteiger partial charge in [0.05, 0.1) is 16.4 Å². The van der Waals surface area contributed by atoms with Crippen LogP contribution in [-0.4, -0.2) is 38.2 Å². The number of benzene rings is 2. The van der Waals surface area contributed by atoms with Crippen LogP contribution in [0.1, 0.15) is 40.9 Å². The van der Waals surface area contributed by atoms with E-state index in [9.17, 15) is 4.79 Å². The highest BCUT2D eigenvalue weighted by Gasteiger charge is 2.24. The third-order valence-corrected chi connectivity index (χ3v) is 6.78. The molecule has 1 aliphatic heterocycles. The third kappa shape index (κ3) is 5.14. The Labute approximate surface area is 212 Å². The van der Waals surface area contributed by atoms with Gasteiger partial charge in [-0.15, -0.1) is 0 Å². The zero-order valence-electron chi connectivity index (χ0n) is 17.9. The minimum Gasteiger partial charge on any atom is -0.283 e. The highest BCUT2D eigenvalue weighted by atomic mass is 127. The highest BCUT2D eigenvalue weighted by Crippen LogP contribution is 2.33. The summed E-state index contributed by atoms with van der Waals surface area (Å²) < 4.78 is 2.82. The van der Waals surface area contributed by atoms with Gasteiger partial charge >= 0.3 is 0 Å². The molecule has 1 aromatic heterocycles. The average Bonchev–Trinajstić information content (AvgIpc) is 3.12. The number of nitrogens with zero attached hydrogens (tertiary/aromatic N) is 3. The molecule has 3 aromatic rings. The minimum atomic E-state index is -0.198. The van der Waals surface area contributed by atoms with E-state index in [1.165, 1.54) is 12.0 Å². The first kappa shape index (κ1) is 23.5. The zero-order chi connectivity index (χ0) is 22.7. The molecule has 0 radical (unpaired) electrons. The maximum Gasteiger partial charge on any atom is 0.286 e. The summed E-state index contributed by atoms with van der Waals surface area (Å²) in [6.07, 6.45) is 4.39. The molecule has 2 heterocycles. The molecule has 1 amide bonds. The summed E-state index contributed by atoms with van der Waals surface area (Å²) in [7, 11) is 0. The Morgan fingerprint density at radius 3 is 2.47 bits per heavy atom. The van der Waals surface area contributed by atoms with Crippen molar-refractivity contribution < 1.29 is 4.79 Å². The Hall–Kier alpha value is -1.61. The van der Waals surface area contributed by atoms with Crippen molar-refractivity contribution in [1.82, 2.24) is 20.2 Å². The fourth-order valence-corrected chi connectivity index (χ4v) is 5.13. The number of piperidine rings is 1. The van der Waals surface area contributed by atoms with Crippen LogP contribution in [0.5, 0.6) is 0 Å². The lowest BCUT2D eigenvalue weighted by Gasteiger charge is -2.26. The minimum absolute atomic E-state index is 0.198. The fraction of sp³-hybridized carbons (Fsp3) is 0.333. The van der Waals surface area contributed by atoms with Crippen molar-refractivity contribution in [2.24, 2.45) is 0 Å². The van der Waals surface area contributed by atoms with E-state index in [0.717, 1.165) is 53.6 Å². The number of alkyl halides is 1. The summed E-state index contributed by atoms with van der Waals surface area (Å²) >= 11 is 15.0. The van der Waals surface area contributed by atoms with Gasteiger partial charge in [0.15, 0.2) is 5.69 Å². The van der Waals surface area contributed by atoms with Gasteiger partial charge in [0, 0.05) is 33.7 Å². The maximum absolute atomic E-state index is 13.2. The molecule has 0 spiro atoms. The molecular formula is C24H25Cl2IN4O. The number of nitrogens with one attached hydrogen (secondary N) is 1. The predicted octanol–water partition coefficient (Wildman–Crippen LogP) is 6.26. The summed E-state index contributed by atoms with van der Waals surface area (Å²) in [6, 6.07) is 13.7. The van der Waals surface area contributed by atoms with E-state index in [2.05, 4.69) is 52.3 Å². The molecule has 4 rings (SSSR count). The second-order valence-electron chi connectivity index (χ2n) is 7.95. The number of hydrazine groups is 1. The fourth-order valence-electron chi connectivity index (χ4n) is 4.02. The van der Waals surface area contributed by atoms with Gasteiger partial charge in [0.25, 0.3) is 5.91 Å². The van der Waals surface area contributed by atoms with Crippen molar-refractivity contribution in [3.63, 3.8) is 0 Å². The standard InChI is InChI=1S/C24H25Cl2IN4O/c1-16-22(24(32)29-30-13-3-2-4-14-30)28-31(21-10-9-19(25)15-20(21)26)23(16)18-7-5-17(6-8-18)11-12-27/h5-10,15H,2-4,11-14H2,1H3,(H,29,32). The zero-order valence-corrected chi connectivity index (χ0v) is 21.5. The molecule has 2 aromatic carbocycles. The number of halogens is 3. The van der Waals surface area contributed by atoms with Crippen molar-refractivity contribution in [3.8, 4) is 16.9 Å². The lowest BCUT2D eigenvalue weighted by atomic mass is 10.0. The van der Waals surface area contributed by atoms with Crippen molar-refractivity contribution in [2.45, 2.75) is 32.6 Å². The van der Waals surface area contributed by atoms with Gasteiger partial charge in [-0.05, 0) is 49.9 Å². The van der Waals surface area contributed by atoms with Gasteiger partial charge in [0.2, 0.25) is 0 Å². The molecule has 0 saturated carbocycles. The SMILES string of the molecule is Cc1c(C(=O)NN2CCCCC2)nn(-c2ccc(Cl)cc2Cl)c1-c1ccc(CCI)cc1. The van der Waals surface area contributed by atoms with Gasteiger partial charge in [-0.2, -0.15) is 5.10 Å². The summed E-state index contributed by atoms with van der Waals surface area (Å²) in [5, 5.41) is 7.73. The van der Waals surface area contributed by atoms with E-state index in [4.69, 9.17) is 28.3 Å². The van der Waals surface area contributed by atoms with E-state index >= 15 is 0 Å². The van der Waals surface area contributed by atoms with E-state index < -0.39 is 0 Å². The van der Waals surface area contributed by atoms with Crippen LogP contribution in [0.4, 0.5) is 0 Å². The van der Waals surface area contributed by atoms with Crippen LogP contribution in [0.3, 0.4) is 0 Å². The Morgan fingerprint density at radius 2 is 1.81 bits per heavy atom. The average molecular weight is 583 g/mol. The van der Waals surface area contributed by atoms with E-state index in [-0.39, 0.29) is 5.91 Å². The predicted molar refractivity (Wildman–Crippen MR) is 139 cm³/mol. The number of carbonyl (C=O) groups excluding carboxylic acids is 1. The second-order valence-corrected chi connectivity index (χ2v) is 9.88. The molecule has 1 fully saturated rings. The molecule has 0 unspecified atom stereocenters. The third-order valence-electron chi connectivity index (χ3n) is 5.70. The highest BCUT2D eigenvalue weighted by molar-refractivity contribution is 14.1. The molecule has 0 bridgehead atoms. The summed E-state index contributed by atoms with van der Waals surface area (Å²) in [5.41, 5.74) is 8.03. The van der Waals surface area contributed by atoms with Crippen LogP contribution in [0.15, 0.2) is 42.5 Å². The molecule has 1 saturated heterocycles. The van der Waals surface area contributed by atoms with Crippen LogP contribution < -0.4 is 5.43 Å². The summed E-state index contributed by atoms with van der Waals surface area (Å²) in [4.78, 5) is 13.2. The molecule has 168 valence electrons. The first-order chi connectivity index (χ1) is 15.5. The van der Waals surface area contributed by atoms with E-state index in [0.29, 0.717) is 21.4 Å². The van der Waals surface area contributed by atoms with Crippen molar-refractivity contribution in [2.75, 3.05) is 17.5 Å². The number of amides is 1. The largest absolute Gasteiger partial charge is 0.286 e. The Bertz CT molecular complexity index is 1110. The molecular weight excluding hydrogens is 558 g/mol. The van der Waals surface area contributed by atoms with E-state index in [1.54, 1.807) is 16.8 Å². The Kier molecular flexibility index (Phi) is 7.76.